The second kappa shape index (κ2) is 4.37. The Morgan fingerprint density at radius 2 is 2.19 bits per heavy atom. The summed E-state index contributed by atoms with van der Waals surface area (Å²) in [4.78, 5) is 4.36. The summed E-state index contributed by atoms with van der Waals surface area (Å²) in [5, 5.41) is 0. The number of hydrogen-bond acceptors (Lipinski definition) is 1. The zero-order valence-corrected chi connectivity index (χ0v) is 10.8. The van der Waals surface area contributed by atoms with Crippen molar-refractivity contribution in [2.75, 3.05) is 0 Å². The third kappa shape index (κ3) is 2.02. The van der Waals surface area contributed by atoms with Crippen LogP contribution in [-0.4, -0.2) is 9.55 Å². The van der Waals surface area contributed by atoms with Crippen LogP contribution < -0.4 is 0 Å². The molecule has 16 heavy (non-hydrogen) atoms. The van der Waals surface area contributed by atoms with Crippen LogP contribution in [0.4, 0.5) is 4.39 Å². The van der Waals surface area contributed by atoms with Crippen molar-refractivity contribution in [1.29, 1.82) is 0 Å². The lowest BCUT2D eigenvalue weighted by atomic mass is 10.3. The van der Waals surface area contributed by atoms with Crippen LogP contribution in [0, 0.1) is 12.7 Å². The minimum absolute atomic E-state index is 0.240. The van der Waals surface area contributed by atoms with E-state index in [0.29, 0.717) is 5.69 Å². The first kappa shape index (κ1) is 11.3. The van der Waals surface area contributed by atoms with Gasteiger partial charge in [-0.2, -0.15) is 0 Å². The molecule has 0 fully saturated rings. The van der Waals surface area contributed by atoms with Gasteiger partial charge in [0, 0.05) is 17.1 Å². The second-order valence-corrected chi connectivity index (χ2v) is 4.53. The fourth-order valence-electron chi connectivity index (χ4n) is 1.68. The molecule has 4 heteroatoms. The molecule has 0 radical (unpaired) electrons. The lowest BCUT2D eigenvalue weighted by Crippen LogP contribution is -2.01. The summed E-state index contributed by atoms with van der Waals surface area (Å²) < 4.78 is 16.4. The topological polar surface area (TPSA) is 17.8 Å². The average molecular weight is 283 g/mol. The van der Waals surface area contributed by atoms with Crippen molar-refractivity contribution in [2.24, 2.45) is 0 Å². The Morgan fingerprint density at radius 3 is 2.88 bits per heavy atom. The van der Waals surface area contributed by atoms with Crippen LogP contribution in [0.25, 0.3) is 5.69 Å². The Morgan fingerprint density at radius 1 is 1.44 bits per heavy atom. The number of aromatic nitrogens is 2. The number of nitrogens with zero attached hydrogens (tertiary/aromatic N) is 2. The lowest BCUT2D eigenvalue weighted by molar-refractivity contribution is 0.615. The van der Waals surface area contributed by atoms with Gasteiger partial charge in [-0.1, -0.05) is 22.9 Å². The van der Waals surface area contributed by atoms with Gasteiger partial charge < -0.3 is 4.57 Å². The van der Waals surface area contributed by atoms with Crippen molar-refractivity contribution in [1.82, 2.24) is 9.55 Å². The van der Waals surface area contributed by atoms with E-state index in [-0.39, 0.29) is 5.82 Å². The minimum atomic E-state index is -0.240. The largest absolute Gasteiger partial charge is 0.300 e. The summed E-state index contributed by atoms with van der Waals surface area (Å²) >= 11 is 3.35. The molecule has 0 aliphatic rings. The normalized spacial score (nSPS) is 10.8. The molecule has 84 valence electrons. The molecule has 0 N–H and O–H groups in total. The first-order valence-corrected chi connectivity index (χ1v) is 5.91. The molecule has 1 aromatic carbocycles. The highest BCUT2D eigenvalue weighted by Gasteiger charge is 2.10. The monoisotopic (exact) mass is 282 g/mol. The maximum absolute atomic E-state index is 13.7. The van der Waals surface area contributed by atoms with Crippen LogP contribution in [0.5, 0.6) is 0 Å². The molecule has 1 heterocycles. The van der Waals surface area contributed by atoms with Crippen LogP contribution in [0.3, 0.4) is 0 Å². The molecule has 2 aromatic rings. The summed E-state index contributed by atoms with van der Waals surface area (Å²) in [5.41, 5.74) is 1.43. The third-order valence-electron chi connectivity index (χ3n) is 2.38. The molecular formula is C12H12BrFN2. The Labute approximate surface area is 102 Å². The highest BCUT2D eigenvalue weighted by Crippen LogP contribution is 2.21. The Kier molecular flexibility index (Phi) is 3.10. The van der Waals surface area contributed by atoms with Crippen molar-refractivity contribution >= 4 is 15.9 Å². The molecule has 0 unspecified atom stereocenters. The molecule has 0 aliphatic heterocycles. The number of imidazole rings is 1. The van der Waals surface area contributed by atoms with Gasteiger partial charge in [0.2, 0.25) is 0 Å². The minimum Gasteiger partial charge on any atom is -0.300 e. The predicted molar refractivity (Wildman–Crippen MR) is 65.3 cm³/mol. The molecule has 0 bridgehead atoms. The summed E-state index contributed by atoms with van der Waals surface area (Å²) in [6.07, 6.45) is 2.63. The summed E-state index contributed by atoms with van der Waals surface area (Å²) in [7, 11) is 0. The van der Waals surface area contributed by atoms with E-state index in [0.717, 1.165) is 22.4 Å². The van der Waals surface area contributed by atoms with Gasteiger partial charge in [-0.25, -0.2) is 9.37 Å². The van der Waals surface area contributed by atoms with Gasteiger partial charge in [0.05, 0.1) is 11.4 Å². The van der Waals surface area contributed by atoms with Crippen LogP contribution >= 0.6 is 15.9 Å². The molecule has 2 nitrogen and oxygen atoms in total. The molecule has 0 saturated heterocycles. The summed E-state index contributed by atoms with van der Waals surface area (Å²) in [5.74, 6) is 0.629. The quantitative estimate of drug-likeness (QED) is 0.822. The van der Waals surface area contributed by atoms with Crippen molar-refractivity contribution in [3.05, 3.63) is 46.2 Å². The smallest absolute Gasteiger partial charge is 0.147 e. The fourth-order valence-corrected chi connectivity index (χ4v) is 2.03. The van der Waals surface area contributed by atoms with E-state index >= 15 is 0 Å². The zero-order valence-electron chi connectivity index (χ0n) is 9.17. The van der Waals surface area contributed by atoms with E-state index in [9.17, 15) is 4.39 Å². The Bertz CT molecular complexity index is 520. The lowest BCUT2D eigenvalue weighted by Gasteiger charge is -2.07. The molecular weight excluding hydrogens is 271 g/mol. The average Bonchev–Trinajstić information content (AvgIpc) is 2.63. The SMILES string of the molecule is CCc1nc(C)cn1-c1cc(Br)ccc1F. The van der Waals surface area contributed by atoms with Gasteiger partial charge in [-0.15, -0.1) is 0 Å². The van der Waals surface area contributed by atoms with Gasteiger partial charge in [0.1, 0.15) is 11.6 Å². The third-order valence-corrected chi connectivity index (χ3v) is 2.88. The molecule has 2 rings (SSSR count). The highest BCUT2D eigenvalue weighted by molar-refractivity contribution is 9.10. The van der Waals surface area contributed by atoms with Crippen LogP contribution in [0.1, 0.15) is 18.4 Å². The van der Waals surface area contributed by atoms with E-state index in [1.807, 2.05) is 20.0 Å². The number of benzene rings is 1. The van der Waals surface area contributed by atoms with Crippen LogP contribution in [0.15, 0.2) is 28.9 Å². The first-order chi connectivity index (χ1) is 7.61. The van der Waals surface area contributed by atoms with E-state index < -0.39 is 0 Å². The predicted octanol–water partition coefficient (Wildman–Crippen LogP) is 3.64. The number of halogens is 2. The second-order valence-electron chi connectivity index (χ2n) is 3.62. The summed E-state index contributed by atoms with van der Waals surface area (Å²) in [6.45, 7) is 3.92. The van der Waals surface area contributed by atoms with E-state index in [1.54, 1.807) is 16.7 Å². The number of rotatable bonds is 2. The maximum atomic E-state index is 13.7. The Hall–Kier alpha value is -1.16. The number of aryl methyl sites for hydroxylation is 2. The standard InChI is InChI=1S/C12H12BrFN2/c1-3-12-15-8(2)7-16(12)11-6-9(13)4-5-10(11)14/h4-7H,3H2,1-2H3. The van der Waals surface area contributed by atoms with Gasteiger partial charge >= 0.3 is 0 Å². The molecule has 0 saturated carbocycles. The van der Waals surface area contributed by atoms with Crippen molar-refractivity contribution in [3.8, 4) is 5.69 Å². The molecule has 0 aliphatic carbocycles. The van der Waals surface area contributed by atoms with E-state index in [2.05, 4.69) is 20.9 Å². The van der Waals surface area contributed by atoms with Gasteiger partial charge in [-0.05, 0) is 25.1 Å². The van der Waals surface area contributed by atoms with Crippen LogP contribution in [-0.2, 0) is 6.42 Å². The van der Waals surface area contributed by atoms with Crippen molar-refractivity contribution in [3.63, 3.8) is 0 Å². The zero-order chi connectivity index (χ0) is 11.7. The van der Waals surface area contributed by atoms with E-state index in [1.165, 1.54) is 6.07 Å². The molecule has 1 aromatic heterocycles. The van der Waals surface area contributed by atoms with Crippen molar-refractivity contribution < 1.29 is 4.39 Å². The Balaban J connectivity index is 2.61. The summed E-state index contributed by atoms with van der Waals surface area (Å²) in [6, 6.07) is 4.90. The molecule has 0 spiro atoms. The maximum Gasteiger partial charge on any atom is 0.147 e. The van der Waals surface area contributed by atoms with Gasteiger partial charge in [0.15, 0.2) is 0 Å². The molecule has 0 atom stereocenters. The number of hydrogen-bond donors (Lipinski definition) is 0. The van der Waals surface area contributed by atoms with E-state index in [4.69, 9.17) is 0 Å². The van der Waals surface area contributed by atoms with Gasteiger partial charge in [0.25, 0.3) is 0 Å². The van der Waals surface area contributed by atoms with Crippen LogP contribution in [0.2, 0.25) is 0 Å². The first-order valence-electron chi connectivity index (χ1n) is 5.12. The fraction of sp³-hybridized carbons (Fsp3) is 0.250. The highest BCUT2D eigenvalue weighted by atomic mass is 79.9. The van der Waals surface area contributed by atoms with Crippen molar-refractivity contribution in [2.45, 2.75) is 20.3 Å². The van der Waals surface area contributed by atoms with Gasteiger partial charge in [-0.3, -0.25) is 0 Å². The molecule has 0 amide bonds.